The number of para-hydroxylation sites is 5. The first-order valence-corrected chi connectivity index (χ1v) is 18.7. The molecule has 0 bridgehead atoms. The molecule has 3 heterocycles. The number of hydrogen-bond donors (Lipinski definition) is 0. The summed E-state index contributed by atoms with van der Waals surface area (Å²) in [6.07, 6.45) is 0. The van der Waals surface area contributed by atoms with E-state index in [2.05, 4.69) is 196 Å². The van der Waals surface area contributed by atoms with Crippen molar-refractivity contribution in [1.29, 1.82) is 0 Å². The van der Waals surface area contributed by atoms with Crippen molar-refractivity contribution in [2.24, 2.45) is 0 Å². The van der Waals surface area contributed by atoms with E-state index in [0.29, 0.717) is 0 Å². The van der Waals surface area contributed by atoms with Gasteiger partial charge in [0, 0.05) is 65.4 Å². The highest BCUT2D eigenvalue weighted by atomic mass is 32.1. The zero-order valence-electron chi connectivity index (χ0n) is 28.6. The number of fused-ring (bicyclic) bond motifs is 8. The van der Waals surface area contributed by atoms with Gasteiger partial charge in [-0.15, -0.1) is 11.3 Å². The lowest BCUT2D eigenvalue weighted by Crippen LogP contribution is -2.16. The first-order valence-electron chi connectivity index (χ1n) is 17.8. The SMILES string of the molecule is c1ccc(N(c2ccc(-n3c4ccccc4c4ccccc43)cc2)c2ccc3c(c2)Oc2ccccc2N3c2ccc3c(c2)sc2ccccc23)cc1. The van der Waals surface area contributed by atoms with Crippen molar-refractivity contribution in [2.45, 2.75) is 0 Å². The number of hydrogen-bond acceptors (Lipinski definition) is 4. The molecular weight excluding hydrogens is 667 g/mol. The molecule has 0 atom stereocenters. The molecule has 5 heteroatoms. The van der Waals surface area contributed by atoms with Crippen molar-refractivity contribution < 1.29 is 4.74 Å². The second-order valence-corrected chi connectivity index (χ2v) is 14.5. The number of ether oxygens (including phenoxy) is 1. The van der Waals surface area contributed by atoms with Crippen LogP contribution in [0.2, 0.25) is 0 Å². The third-order valence-electron chi connectivity index (χ3n) is 10.3. The molecule has 0 amide bonds. The molecule has 0 N–H and O–H groups in total. The summed E-state index contributed by atoms with van der Waals surface area (Å²) in [5.41, 5.74) is 9.79. The van der Waals surface area contributed by atoms with Crippen LogP contribution in [-0.4, -0.2) is 4.57 Å². The average molecular weight is 698 g/mol. The van der Waals surface area contributed by atoms with Gasteiger partial charge in [-0.1, -0.05) is 91.0 Å². The average Bonchev–Trinajstić information content (AvgIpc) is 3.76. The summed E-state index contributed by atoms with van der Waals surface area (Å²) in [5, 5.41) is 5.10. The lowest BCUT2D eigenvalue weighted by atomic mass is 10.1. The maximum absolute atomic E-state index is 6.71. The molecule has 10 aromatic rings. The largest absolute Gasteiger partial charge is 0.453 e. The minimum Gasteiger partial charge on any atom is -0.453 e. The first-order chi connectivity index (χ1) is 26.3. The summed E-state index contributed by atoms with van der Waals surface area (Å²) in [7, 11) is 0. The molecule has 0 fully saturated rings. The van der Waals surface area contributed by atoms with Crippen LogP contribution in [0.1, 0.15) is 0 Å². The van der Waals surface area contributed by atoms with Crippen LogP contribution in [0.3, 0.4) is 0 Å². The quantitative estimate of drug-likeness (QED) is 0.179. The molecule has 0 aliphatic carbocycles. The highest BCUT2D eigenvalue weighted by molar-refractivity contribution is 7.25. The van der Waals surface area contributed by atoms with E-state index in [1.165, 1.54) is 42.0 Å². The Kier molecular flexibility index (Phi) is 6.69. The van der Waals surface area contributed by atoms with E-state index in [-0.39, 0.29) is 0 Å². The number of rotatable bonds is 5. The fourth-order valence-electron chi connectivity index (χ4n) is 7.99. The van der Waals surface area contributed by atoms with Gasteiger partial charge >= 0.3 is 0 Å². The summed E-state index contributed by atoms with van der Waals surface area (Å²) in [5.74, 6) is 1.64. The molecule has 4 nitrogen and oxygen atoms in total. The van der Waals surface area contributed by atoms with E-state index >= 15 is 0 Å². The highest BCUT2D eigenvalue weighted by Gasteiger charge is 2.27. The van der Waals surface area contributed by atoms with E-state index < -0.39 is 0 Å². The number of thiophene rings is 1. The zero-order valence-corrected chi connectivity index (χ0v) is 29.4. The monoisotopic (exact) mass is 697 g/mol. The van der Waals surface area contributed by atoms with Gasteiger partial charge in [0.15, 0.2) is 11.5 Å². The molecule has 53 heavy (non-hydrogen) atoms. The molecule has 0 spiro atoms. The Bertz CT molecular complexity index is 2950. The number of benzene rings is 8. The van der Waals surface area contributed by atoms with Gasteiger partial charge in [-0.2, -0.15) is 0 Å². The molecular formula is C48H31N3OS. The molecule has 0 radical (unpaired) electrons. The Hall–Kier alpha value is -6.82. The maximum atomic E-state index is 6.71. The minimum absolute atomic E-state index is 0.806. The van der Waals surface area contributed by atoms with Gasteiger partial charge in [0.2, 0.25) is 0 Å². The van der Waals surface area contributed by atoms with Crippen molar-refractivity contribution in [1.82, 2.24) is 4.57 Å². The van der Waals surface area contributed by atoms with E-state index in [1.54, 1.807) is 0 Å². The van der Waals surface area contributed by atoms with Crippen molar-refractivity contribution in [3.05, 3.63) is 188 Å². The molecule has 2 aromatic heterocycles. The van der Waals surface area contributed by atoms with Crippen LogP contribution in [0.15, 0.2) is 188 Å². The van der Waals surface area contributed by atoms with Gasteiger partial charge < -0.3 is 19.1 Å². The highest BCUT2D eigenvalue weighted by Crippen LogP contribution is 2.53. The van der Waals surface area contributed by atoms with E-state index in [4.69, 9.17) is 4.74 Å². The normalized spacial score (nSPS) is 12.3. The second-order valence-electron chi connectivity index (χ2n) is 13.4. The summed E-state index contributed by atoms with van der Waals surface area (Å²) < 4.78 is 11.6. The van der Waals surface area contributed by atoms with Gasteiger partial charge in [0.1, 0.15) is 0 Å². The summed E-state index contributed by atoms with van der Waals surface area (Å²) in [6.45, 7) is 0. The van der Waals surface area contributed by atoms with E-state index in [0.717, 1.165) is 51.3 Å². The predicted molar refractivity (Wildman–Crippen MR) is 223 cm³/mol. The fourth-order valence-corrected chi connectivity index (χ4v) is 9.13. The van der Waals surface area contributed by atoms with E-state index in [1.807, 2.05) is 17.4 Å². The number of aromatic nitrogens is 1. The summed E-state index contributed by atoms with van der Waals surface area (Å²) >= 11 is 1.84. The second kappa shape index (κ2) is 11.9. The maximum Gasteiger partial charge on any atom is 0.153 e. The Morgan fingerprint density at radius 2 is 0.981 bits per heavy atom. The third-order valence-corrected chi connectivity index (χ3v) is 11.5. The standard InChI is InChI=1S/C48H31N3OS/c1-2-12-32(13-3-1)49(33-22-24-34(25-23-33)50-41-17-7-4-14-37(41)38-15-5-8-18-42(38)50)35-27-29-44-46(30-35)52-45-20-10-9-19-43(45)51(44)36-26-28-40-39-16-6-11-21-47(39)53-48(40)31-36/h1-31H. The fraction of sp³-hybridized carbons (Fsp3) is 0. The van der Waals surface area contributed by atoms with Crippen molar-refractivity contribution >= 4 is 87.4 Å². The molecule has 0 saturated carbocycles. The summed E-state index contributed by atoms with van der Waals surface area (Å²) in [4.78, 5) is 4.63. The Morgan fingerprint density at radius 3 is 1.77 bits per heavy atom. The van der Waals surface area contributed by atoms with Gasteiger partial charge in [0.25, 0.3) is 0 Å². The smallest absolute Gasteiger partial charge is 0.153 e. The Balaban J connectivity index is 1.03. The molecule has 0 unspecified atom stereocenters. The van der Waals surface area contributed by atoms with Crippen LogP contribution in [-0.2, 0) is 0 Å². The van der Waals surface area contributed by atoms with Crippen LogP contribution in [0, 0.1) is 0 Å². The van der Waals surface area contributed by atoms with Crippen molar-refractivity contribution in [3.8, 4) is 17.2 Å². The molecule has 1 aliphatic rings. The van der Waals surface area contributed by atoms with Gasteiger partial charge in [-0.25, -0.2) is 0 Å². The molecule has 1 aliphatic heterocycles. The van der Waals surface area contributed by atoms with Crippen LogP contribution in [0.25, 0.3) is 47.7 Å². The van der Waals surface area contributed by atoms with Gasteiger partial charge in [0.05, 0.1) is 22.4 Å². The van der Waals surface area contributed by atoms with Gasteiger partial charge in [-0.3, -0.25) is 0 Å². The zero-order chi connectivity index (χ0) is 34.9. The number of anilines is 6. The van der Waals surface area contributed by atoms with E-state index in [9.17, 15) is 0 Å². The van der Waals surface area contributed by atoms with Gasteiger partial charge in [-0.05, 0) is 91.0 Å². The molecule has 8 aromatic carbocycles. The summed E-state index contributed by atoms with van der Waals surface area (Å²) in [6, 6.07) is 67.0. The third kappa shape index (κ3) is 4.75. The molecule has 11 rings (SSSR count). The van der Waals surface area contributed by atoms with Crippen LogP contribution >= 0.6 is 11.3 Å². The molecule has 0 saturated heterocycles. The van der Waals surface area contributed by atoms with Crippen molar-refractivity contribution in [2.75, 3.05) is 9.80 Å². The predicted octanol–water partition coefficient (Wildman–Crippen LogP) is 14.2. The Morgan fingerprint density at radius 1 is 0.396 bits per heavy atom. The van der Waals surface area contributed by atoms with Crippen LogP contribution in [0.5, 0.6) is 11.5 Å². The van der Waals surface area contributed by atoms with Crippen LogP contribution in [0.4, 0.5) is 34.1 Å². The first kappa shape index (κ1) is 29.9. The van der Waals surface area contributed by atoms with Crippen molar-refractivity contribution in [3.63, 3.8) is 0 Å². The lowest BCUT2D eigenvalue weighted by Gasteiger charge is -2.34. The minimum atomic E-state index is 0.806. The molecule has 250 valence electrons. The Labute approximate surface area is 310 Å². The topological polar surface area (TPSA) is 20.6 Å². The number of nitrogens with zero attached hydrogens (tertiary/aromatic N) is 3. The van der Waals surface area contributed by atoms with Crippen LogP contribution < -0.4 is 14.5 Å². The lowest BCUT2D eigenvalue weighted by molar-refractivity contribution is 0.477.